The van der Waals surface area contributed by atoms with E-state index in [0.717, 1.165) is 21.6 Å². The minimum Gasteiger partial charge on any atom is -0.261 e. The van der Waals surface area contributed by atoms with Crippen LogP contribution in [0.25, 0.3) is 11.3 Å². The molecule has 25 heavy (non-hydrogen) atoms. The molecule has 124 valence electrons. The topological polar surface area (TPSA) is 53.4 Å². The van der Waals surface area contributed by atoms with Gasteiger partial charge in [0, 0.05) is 23.0 Å². The van der Waals surface area contributed by atoms with Crippen LogP contribution < -0.4 is 4.80 Å². The highest BCUT2D eigenvalue weighted by Crippen LogP contribution is 2.30. The molecule has 0 fully saturated rings. The van der Waals surface area contributed by atoms with E-state index in [4.69, 9.17) is 28.5 Å². The molecule has 0 aliphatic heterocycles. The molecule has 7 heteroatoms. The predicted octanol–water partition coefficient (Wildman–Crippen LogP) is 4.81. The van der Waals surface area contributed by atoms with Gasteiger partial charge in [-0.25, -0.2) is 4.68 Å². The Morgan fingerprint density at radius 1 is 1.16 bits per heavy atom. The average Bonchev–Trinajstić information content (AvgIpc) is 3.05. The zero-order valence-electron chi connectivity index (χ0n) is 13.1. The van der Waals surface area contributed by atoms with E-state index in [2.05, 4.69) is 16.2 Å². The van der Waals surface area contributed by atoms with Gasteiger partial charge >= 0.3 is 0 Å². The van der Waals surface area contributed by atoms with Gasteiger partial charge in [0.25, 0.3) is 0 Å². The van der Waals surface area contributed by atoms with Crippen molar-refractivity contribution in [2.24, 2.45) is 10.1 Å². The lowest BCUT2D eigenvalue weighted by Crippen LogP contribution is -2.11. The monoisotopic (exact) mass is 386 g/mol. The summed E-state index contributed by atoms with van der Waals surface area (Å²) in [6.07, 6.45) is 1.71. The first kappa shape index (κ1) is 17.4. The normalized spacial score (nSPS) is 11.8. The van der Waals surface area contributed by atoms with Crippen LogP contribution in [0.3, 0.4) is 0 Å². The highest BCUT2D eigenvalue weighted by molar-refractivity contribution is 7.07. The fourth-order valence-electron chi connectivity index (χ4n) is 2.21. The molecule has 0 bridgehead atoms. The van der Waals surface area contributed by atoms with Gasteiger partial charge in [0.2, 0.25) is 4.80 Å². The molecule has 1 heterocycles. The largest absolute Gasteiger partial charge is 0.261 e. The third-order valence-corrected chi connectivity index (χ3v) is 4.92. The summed E-state index contributed by atoms with van der Waals surface area (Å²) in [7, 11) is 1.71. The molecule has 0 atom stereocenters. The van der Waals surface area contributed by atoms with E-state index < -0.39 is 0 Å². The number of nitrogens with zero attached hydrogens (tertiary/aromatic N) is 4. The van der Waals surface area contributed by atoms with Crippen molar-refractivity contribution in [1.82, 2.24) is 4.68 Å². The van der Waals surface area contributed by atoms with E-state index in [-0.39, 0.29) is 0 Å². The first-order chi connectivity index (χ1) is 12.1. The van der Waals surface area contributed by atoms with Gasteiger partial charge in [0.15, 0.2) is 0 Å². The number of nitriles is 1. The average molecular weight is 387 g/mol. The molecule has 0 unspecified atom stereocenters. The maximum absolute atomic E-state index is 8.87. The van der Waals surface area contributed by atoms with Crippen LogP contribution in [-0.4, -0.2) is 17.9 Å². The molecular weight excluding hydrogens is 375 g/mol. The van der Waals surface area contributed by atoms with Crippen LogP contribution in [0.4, 0.5) is 0 Å². The van der Waals surface area contributed by atoms with Crippen molar-refractivity contribution in [3.05, 3.63) is 73.8 Å². The minimum atomic E-state index is 0.590. The summed E-state index contributed by atoms with van der Waals surface area (Å²) < 4.78 is 1.72. The molecule has 0 saturated carbocycles. The van der Waals surface area contributed by atoms with Crippen LogP contribution in [0, 0.1) is 11.3 Å². The smallest absolute Gasteiger partial charge is 0.205 e. The molecule has 0 saturated heterocycles. The molecule has 0 aliphatic rings. The fraction of sp³-hybridized carbons (Fsp3) is 0.0556. The lowest BCUT2D eigenvalue weighted by Gasteiger charge is -2.06. The third-order valence-electron chi connectivity index (χ3n) is 3.44. The Morgan fingerprint density at radius 3 is 2.60 bits per heavy atom. The van der Waals surface area contributed by atoms with Crippen molar-refractivity contribution in [2.45, 2.75) is 0 Å². The van der Waals surface area contributed by atoms with Gasteiger partial charge in [-0.15, -0.1) is 11.3 Å². The summed E-state index contributed by atoms with van der Waals surface area (Å²) in [5.74, 6) is 0. The maximum Gasteiger partial charge on any atom is 0.205 e. The number of hydrogen-bond acceptors (Lipinski definition) is 4. The standard InChI is InChI=1S/C18H12Cl2N4S/c1-22-18-24(23-10-13-4-2-12(9-21)3-5-13)17(11-25-18)15-8-14(19)6-7-16(15)20/h2-8,10-11H,1H3. The van der Waals surface area contributed by atoms with Gasteiger partial charge < -0.3 is 0 Å². The van der Waals surface area contributed by atoms with Crippen LogP contribution in [0.15, 0.2) is 57.9 Å². The molecule has 3 aromatic rings. The maximum atomic E-state index is 8.87. The highest BCUT2D eigenvalue weighted by Gasteiger charge is 2.11. The van der Waals surface area contributed by atoms with Crippen molar-refractivity contribution in [3.8, 4) is 17.3 Å². The second-order valence-electron chi connectivity index (χ2n) is 5.04. The van der Waals surface area contributed by atoms with Crippen LogP contribution in [0.1, 0.15) is 11.1 Å². The van der Waals surface area contributed by atoms with Gasteiger partial charge in [-0.3, -0.25) is 4.99 Å². The highest BCUT2D eigenvalue weighted by atomic mass is 35.5. The lowest BCUT2D eigenvalue weighted by atomic mass is 10.2. The molecule has 0 radical (unpaired) electrons. The molecule has 3 rings (SSSR count). The Labute approximate surface area is 158 Å². The van der Waals surface area contributed by atoms with Crippen molar-refractivity contribution in [2.75, 3.05) is 7.05 Å². The lowest BCUT2D eigenvalue weighted by molar-refractivity contribution is 0.848. The zero-order valence-corrected chi connectivity index (χ0v) is 15.5. The van der Waals surface area contributed by atoms with Gasteiger partial charge in [-0.05, 0) is 35.9 Å². The van der Waals surface area contributed by atoms with Crippen molar-refractivity contribution in [3.63, 3.8) is 0 Å². The molecule has 2 aromatic carbocycles. The molecule has 0 N–H and O–H groups in total. The minimum absolute atomic E-state index is 0.590. The van der Waals surface area contributed by atoms with E-state index >= 15 is 0 Å². The van der Waals surface area contributed by atoms with Crippen molar-refractivity contribution >= 4 is 40.8 Å². The van der Waals surface area contributed by atoms with Crippen molar-refractivity contribution in [1.29, 1.82) is 5.26 Å². The van der Waals surface area contributed by atoms with E-state index in [9.17, 15) is 0 Å². The predicted molar refractivity (Wildman–Crippen MR) is 103 cm³/mol. The van der Waals surface area contributed by atoms with Gasteiger partial charge in [-0.1, -0.05) is 35.3 Å². The fourth-order valence-corrected chi connectivity index (χ4v) is 3.39. The second kappa shape index (κ2) is 7.66. The third kappa shape index (κ3) is 3.83. The summed E-state index contributed by atoms with van der Waals surface area (Å²) in [5, 5.41) is 16.5. The van der Waals surface area contributed by atoms with Crippen LogP contribution in [0.5, 0.6) is 0 Å². The van der Waals surface area contributed by atoms with Crippen LogP contribution in [0.2, 0.25) is 10.0 Å². The Balaban J connectivity index is 2.06. The van der Waals surface area contributed by atoms with E-state index in [1.165, 1.54) is 11.3 Å². The quantitative estimate of drug-likeness (QED) is 0.595. The van der Waals surface area contributed by atoms with Gasteiger partial charge in [0.1, 0.15) is 0 Å². The summed E-state index contributed by atoms with van der Waals surface area (Å²) >= 11 is 13.9. The van der Waals surface area contributed by atoms with Crippen molar-refractivity contribution < 1.29 is 0 Å². The van der Waals surface area contributed by atoms with Gasteiger partial charge in [0.05, 0.1) is 28.6 Å². The van der Waals surface area contributed by atoms with E-state index in [1.807, 2.05) is 17.5 Å². The molecule has 0 spiro atoms. The summed E-state index contributed by atoms with van der Waals surface area (Å²) in [4.78, 5) is 4.99. The molecular formula is C18H12Cl2N4S. The zero-order chi connectivity index (χ0) is 17.8. The first-order valence-electron chi connectivity index (χ1n) is 7.25. The number of aromatic nitrogens is 1. The summed E-state index contributed by atoms with van der Waals surface area (Å²) in [6, 6.07) is 14.6. The van der Waals surface area contributed by atoms with Crippen LogP contribution >= 0.6 is 34.5 Å². The Hall–Kier alpha value is -2.39. The Bertz CT molecular complexity index is 1040. The Kier molecular flexibility index (Phi) is 5.34. The summed E-state index contributed by atoms with van der Waals surface area (Å²) in [5.41, 5.74) is 3.08. The second-order valence-corrected chi connectivity index (χ2v) is 6.72. The number of hydrogen-bond donors (Lipinski definition) is 0. The summed E-state index contributed by atoms with van der Waals surface area (Å²) in [6.45, 7) is 0. The molecule has 1 aromatic heterocycles. The van der Waals surface area contributed by atoms with E-state index in [0.29, 0.717) is 15.6 Å². The number of halogens is 2. The molecule has 0 amide bonds. The molecule has 0 aliphatic carbocycles. The number of rotatable bonds is 3. The Morgan fingerprint density at radius 2 is 1.92 bits per heavy atom. The molecule has 4 nitrogen and oxygen atoms in total. The van der Waals surface area contributed by atoms with E-state index in [1.54, 1.807) is 48.3 Å². The number of benzene rings is 2. The SMILES string of the molecule is CN=c1scc(-c2cc(Cl)ccc2Cl)n1N=Cc1ccc(C#N)cc1. The number of thiazole rings is 1. The first-order valence-corrected chi connectivity index (χ1v) is 8.89. The van der Waals surface area contributed by atoms with Gasteiger partial charge in [-0.2, -0.15) is 10.4 Å². The van der Waals surface area contributed by atoms with Crippen LogP contribution in [-0.2, 0) is 0 Å².